The van der Waals surface area contributed by atoms with Crippen molar-refractivity contribution in [2.24, 2.45) is 5.41 Å². The first kappa shape index (κ1) is 15.0. The normalized spacial score (nSPS) is 17.7. The Morgan fingerprint density at radius 2 is 2.05 bits per heavy atom. The van der Waals surface area contributed by atoms with Crippen LogP contribution in [-0.2, 0) is 11.2 Å². The average Bonchev–Trinajstić information content (AvgIpc) is 2.46. The van der Waals surface area contributed by atoms with Crippen LogP contribution in [0.3, 0.4) is 0 Å². The van der Waals surface area contributed by atoms with Crippen molar-refractivity contribution in [3.8, 4) is 0 Å². The highest BCUT2D eigenvalue weighted by atomic mass is 19.1. The van der Waals surface area contributed by atoms with Crippen molar-refractivity contribution in [3.63, 3.8) is 0 Å². The lowest BCUT2D eigenvalue weighted by molar-refractivity contribution is -0.121. The first-order chi connectivity index (χ1) is 9.63. The molecule has 0 aromatic heterocycles. The number of nitrogens with one attached hydrogen (secondary N) is 1. The molecule has 3 nitrogen and oxygen atoms in total. The molecule has 0 saturated heterocycles. The smallest absolute Gasteiger partial charge is 0.224 e. The highest BCUT2D eigenvalue weighted by Crippen LogP contribution is 2.35. The van der Waals surface area contributed by atoms with E-state index in [4.69, 9.17) is 0 Å². The van der Waals surface area contributed by atoms with Crippen LogP contribution < -0.4 is 5.32 Å². The lowest BCUT2D eigenvalue weighted by Gasteiger charge is -2.35. The SMILES string of the molecule is O=C(Cc1cccc(F)c1)NCC1(CO)CCCCC1. The fourth-order valence-electron chi connectivity index (χ4n) is 2.87. The number of halogens is 1. The van der Waals surface area contributed by atoms with Gasteiger partial charge in [0.15, 0.2) is 0 Å². The monoisotopic (exact) mass is 279 g/mol. The number of carbonyl (C=O) groups excluding carboxylic acids is 1. The molecule has 1 amide bonds. The molecule has 1 aliphatic carbocycles. The molecular formula is C16H22FNO2. The number of rotatable bonds is 5. The van der Waals surface area contributed by atoms with Gasteiger partial charge in [0.1, 0.15) is 5.82 Å². The van der Waals surface area contributed by atoms with Gasteiger partial charge in [-0.2, -0.15) is 0 Å². The molecule has 0 spiro atoms. The van der Waals surface area contributed by atoms with Gasteiger partial charge in [-0.1, -0.05) is 31.4 Å². The van der Waals surface area contributed by atoms with Crippen LogP contribution in [0.1, 0.15) is 37.7 Å². The molecule has 2 rings (SSSR count). The highest BCUT2D eigenvalue weighted by Gasteiger charge is 2.31. The Balaban J connectivity index is 1.85. The third kappa shape index (κ3) is 4.04. The van der Waals surface area contributed by atoms with Gasteiger partial charge in [0, 0.05) is 12.0 Å². The minimum absolute atomic E-state index is 0.117. The van der Waals surface area contributed by atoms with Gasteiger partial charge < -0.3 is 10.4 Å². The van der Waals surface area contributed by atoms with Gasteiger partial charge in [-0.15, -0.1) is 0 Å². The largest absolute Gasteiger partial charge is 0.396 e. The molecule has 110 valence electrons. The van der Waals surface area contributed by atoms with E-state index in [-0.39, 0.29) is 30.2 Å². The van der Waals surface area contributed by atoms with E-state index >= 15 is 0 Å². The number of hydrogen-bond acceptors (Lipinski definition) is 2. The fraction of sp³-hybridized carbons (Fsp3) is 0.562. The number of aliphatic hydroxyl groups is 1. The van der Waals surface area contributed by atoms with Gasteiger partial charge >= 0.3 is 0 Å². The maximum absolute atomic E-state index is 13.0. The lowest BCUT2D eigenvalue weighted by atomic mass is 9.74. The summed E-state index contributed by atoms with van der Waals surface area (Å²) in [6.45, 7) is 0.630. The average molecular weight is 279 g/mol. The second kappa shape index (κ2) is 6.84. The van der Waals surface area contributed by atoms with Gasteiger partial charge in [0.25, 0.3) is 0 Å². The number of benzene rings is 1. The molecule has 0 aliphatic heterocycles. The quantitative estimate of drug-likeness (QED) is 0.869. The molecule has 1 aromatic carbocycles. The zero-order chi connectivity index (χ0) is 14.4. The standard InChI is InChI=1S/C16H22FNO2/c17-14-6-4-5-13(9-14)10-15(20)18-11-16(12-19)7-2-1-3-8-16/h4-6,9,19H,1-3,7-8,10-12H2,(H,18,20). The summed E-state index contributed by atoms with van der Waals surface area (Å²) in [5.41, 5.74) is 0.514. The first-order valence-electron chi connectivity index (χ1n) is 7.26. The van der Waals surface area contributed by atoms with E-state index in [9.17, 15) is 14.3 Å². The lowest BCUT2D eigenvalue weighted by Crippen LogP contribution is -2.41. The number of hydrogen-bond donors (Lipinski definition) is 2. The molecule has 4 heteroatoms. The van der Waals surface area contributed by atoms with E-state index < -0.39 is 0 Å². The zero-order valence-electron chi connectivity index (χ0n) is 11.7. The Morgan fingerprint density at radius 1 is 1.30 bits per heavy atom. The molecule has 0 heterocycles. The number of amides is 1. The van der Waals surface area contributed by atoms with Crippen molar-refractivity contribution in [1.29, 1.82) is 0 Å². The van der Waals surface area contributed by atoms with E-state index in [1.807, 2.05) is 0 Å². The number of carbonyl (C=O) groups is 1. The van der Waals surface area contributed by atoms with Crippen LogP contribution in [0.15, 0.2) is 24.3 Å². The van der Waals surface area contributed by atoms with Gasteiger partial charge in [0.05, 0.1) is 13.0 Å². The summed E-state index contributed by atoms with van der Waals surface area (Å²) in [6.07, 6.45) is 5.53. The molecule has 0 bridgehead atoms. The van der Waals surface area contributed by atoms with Crippen LogP contribution in [0.2, 0.25) is 0 Å². The van der Waals surface area contributed by atoms with Crippen LogP contribution in [0.5, 0.6) is 0 Å². The van der Waals surface area contributed by atoms with Crippen molar-refractivity contribution < 1.29 is 14.3 Å². The van der Waals surface area contributed by atoms with Crippen molar-refractivity contribution in [2.75, 3.05) is 13.2 Å². The summed E-state index contributed by atoms with van der Waals surface area (Å²) in [4.78, 5) is 11.9. The molecule has 0 radical (unpaired) electrons. The Labute approximate surface area is 119 Å². The van der Waals surface area contributed by atoms with Crippen molar-refractivity contribution in [1.82, 2.24) is 5.32 Å². The van der Waals surface area contributed by atoms with E-state index in [1.165, 1.54) is 18.6 Å². The molecule has 1 aromatic rings. The Morgan fingerprint density at radius 3 is 2.70 bits per heavy atom. The summed E-state index contributed by atoms with van der Waals surface area (Å²) in [6, 6.07) is 6.09. The van der Waals surface area contributed by atoms with Crippen molar-refractivity contribution >= 4 is 5.91 Å². The topological polar surface area (TPSA) is 49.3 Å². The van der Waals surface area contributed by atoms with Crippen LogP contribution in [0.25, 0.3) is 0 Å². The summed E-state index contributed by atoms with van der Waals surface area (Å²) < 4.78 is 13.0. The molecular weight excluding hydrogens is 257 g/mol. The molecule has 2 N–H and O–H groups in total. The molecule has 1 aliphatic rings. The molecule has 1 fully saturated rings. The third-order valence-electron chi connectivity index (χ3n) is 4.16. The Kier molecular flexibility index (Phi) is 5.12. The Bertz CT molecular complexity index is 456. The molecule has 20 heavy (non-hydrogen) atoms. The van der Waals surface area contributed by atoms with Gasteiger partial charge in [0.2, 0.25) is 5.91 Å². The second-order valence-corrected chi connectivity index (χ2v) is 5.80. The second-order valence-electron chi connectivity index (χ2n) is 5.80. The molecule has 0 unspecified atom stereocenters. The number of aliphatic hydroxyl groups excluding tert-OH is 1. The van der Waals surface area contributed by atoms with Crippen molar-refractivity contribution in [3.05, 3.63) is 35.6 Å². The maximum Gasteiger partial charge on any atom is 0.224 e. The first-order valence-corrected chi connectivity index (χ1v) is 7.26. The minimum Gasteiger partial charge on any atom is -0.396 e. The maximum atomic E-state index is 13.0. The van der Waals surface area contributed by atoms with Crippen molar-refractivity contribution in [2.45, 2.75) is 38.5 Å². The van der Waals surface area contributed by atoms with E-state index in [0.29, 0.717) is 12.1 Å². The summed E-state index contributed by atoms with van der Waals surface area (Å²) in [7, 11) is 0. The van der Waals surface area contributed by atoms with Crippen LogP contribution >= 0.6 is 0 Å². The zero-order valence-corrected chi connectivity index (χ0v) is 11.7. The van der Waals surface area contributed by atoms with E-state index in [1.54, 1.807) is 12.1 Å². The fourth-order valence-corrected chi connectivity index (χ4v) is 2.87. The van der Waals surface area contributed by atoms with Crippen LogP contribution in [0, 0.1) is 11.2 Å². The van der Waals surface area contributed by atoms with Gasteiger partial charge in [-0.05, 0) is 30.5 Å². The third-order valence-corrected chi connectivity index (χ3v) is 4.16. The van der Waals surface area contributed by atoms with Gasteiger partial charge in [-0.3, -0.25) is 4.79 Å². The predicted octanol–water partition coefficient (Wildman–Crippen LogP) is 2.43. The minimum atomic E-state index is -0.325. The summed E-state index contributed by atoms with van der Waals surface area (Å²) >= 11 is 0. The van der Waals surface area contributed by atoms with Gasteiger partial charge in [-0.25, -0.2) is 4.39 Å². The predicted molar refractivity (Wildman–Crippen MR) is 75.7 cm³/mol. The molecule has 0 atom stereocenters. The van der Waals surface area contributed by atoms with E-state index in [2.05, 4.69) is 5.32 Å². The summed E-state index contributed by atoms with van der Waals surface area (Å²) in [5, 5.41) is 12.5. The van der Waals surface area contributed by atoms with E-state index in [0.717, 1.165) is 25.7 Å². The van der Waals surface area contributed by atoms with Crippen LogP contribution in [-0.4, -0.2) is 24.2 Å². The molecule has 1 saturated carbocycles. The highest BCUT2D eigenvalue weighted by molar-refractivity contribution is 5.78. The summed E-state index contributed by atoms with van der Waals surface area (Å²) in [5.74, 6) is -0.441. The van der Waals surface area contributed by atoms with Crippen LogP contribution in [0.4, 0.5) is 4.39 Å². The Hall–Kier alpha value is -1.42.